The first-order chi connectivity index (χ1) is 7.70. The number of nitrogens with one attached hydrogen (secondary N) is 1. The normalized spacial score (nSPS) is 17.5. The van der Waals surface area contributed by atoms with Crippen molar-refractivity contribution in [3.8, 4) is 5.75 Å². The monoisotopic (exact) mass is 219 g/mol. The maximum Gasteiger partial charge on any atom is 0.120 e. The Morgan fingerprint density at radius 2 is 2.06 bits per heavy atom. The number of ether oxygens (including phenoxy) is 1. The van der Waals surface area contributed by atoms with E-state index in [0.717, 1.165) is 5.75 Å². The Kier molecular flexibility index (Phi) is 3.49. The lowest BCUT2D eigenvalue weighted by Gasteiger charge is -2.21. The molecule has 0 amide bonds. The molecule has 1 atom stereocenters. The highest BCUT2D eigenvalue weighted by Gasteiger charge is 2.23. The van der Waals surface area contributed by atoms with Gasteiger partial charge in [0.2, 0.25) is 0 Å². The first-order valence-electron chi connectivity index (χ1n) is 6.14. The fraction of sp³-hybridized carbons (Fsp3) is 0.571. The van der Waals surface area contributed by atoms with Crippen LogP contribution in [0.2, 0.25) is 0 Å². The Morgan fingerprint density at radius 3 is 2.62 bits per heavy atom. The summed E-state index contributed by atoms with van der Waals surface area (Å²) in [6, 6.07) is 8.87. The fourth-order valence-electron chi connectivity index (χ4n) is 2.04. The lowest BCUT2D eigenvalue weighted by Crippen LogP contribution is -2.21. The molecule has 2 heteroatoms. The van der Waals surface area contributed by atoms with Gasteiger partial charge in [-0.15, -0.1) is 0 Å². The van der Waals surface area contributed by atoms with Gasteiger partial charge in [0.15, 0.2) is 0 Å². The lowest BCUT2D eigenvalue weighted by molar-refractivity contribution is 0.302. The van der Waals surface area contributed by atoms with Crippen molar-refractivity contribution in [3.05, 3.63) is 29.8 Å². The Morgan fingerprint density at radius 1 is 1.31 bits per heavy atom. The molecule has 1 aromatic rings. The molecule has 1 unspecified atom stereocenters. The van der Waals surface area contributed by atoms with Crippen LogP contribution in [0.15, 0.2) is 24.3 Å². The van der Waals surface area contributed by atoms with Crippen molar-refractivity contribution in [2.45, 2.75) is 38.8 Å². The van der Waals surface area contributed by atoms with E-state index in [4.69, 9.17) is 4.74 Å². The van der Waals surface area contributed by atoms with Crippen LogP contribution < -0.4 is 10.1 Å². The van der Waals surface area contributed by atoms with E-state index in [0.29, 0.717) is 18.1 Å². The molecule has 0 aromatic heterocycles. The van der Waals surface area contributed by atoms with Gasteiger partial charge in [-0.05, 0) is 43.5 Å². The van der Waals surface area contributed by atoms with Crippen LogP contribution in [0.25, 0.3) is 0 Å². The molecule has 1 saturated carbocycles. The number of hydrogen-bond donors (Lipinski definition) is 1. The van der Waals surface area contributed by atoms with Crippen molar-refractivity contribution in [2.75, 3.05) is 7.05 Å². The molecule has 0 spiro atoms. The lowest BCUT2D eigenvalue weighted by atomic mass is 9.96. The van der Waals surface area contributed by atoms with Crippen LogP contribution in [0.3, 0.4) is 0 Å². The minimum Gasteiger partial charge on any atom is -0.490 e. The highest BCUT2D eigenvalue weighted by Crippen LogP contribution is 2.29. The molecule has 0 saturated heterocycles. The van der Waals surface area contributed by atoms with Gasteiger partial charge in [-0.2, -0.15) is 0 Å². The molecule has 1 aliphatic carbocycles. The van der Waals surface area contributed by atoms with E-state index in [-0.39, 0.29) is 0 Å². The maximum atomic E-state index is 5.81. The second kappa shape index (κ2) is 4.88. The number of hydrogen-bond acceptors (Lipinski definition) is 2. The van der Waals surface area contributed by atoms with Gasteiger partial charge in [0.1, 0.15) is 5.75 Å². The Bertz CT molecular complexity index is 344. The zero-order chi connectivity index (χ0) is 11.5. The van der Waals surface area contributed by atoms with E-state index < -0.39 is 0 Å². The van der Waals surface area contributed by atoms with Gasteiger partial charge in [-0.1, -0.05) is 26.0 Å². The summed E-state index contributed by atoms with van der Waals surface area (Å²) in [7, 11) is 2.01. The summed E-state index contributed by atoms with van der Waals surface area (Å²) in [5, 5.41) is 3.36. The predicted octanol–water partition coefficient (Wildman–Crippen LogP) is 3.14. The van der Waals surface area contributed by atoms with Crippen LogP contribution in [-0.4, -0.2) is 13.2 Å². The minimum absolute atomic E-state index is 0.405. The van der Waals surface area contributed by atoms with Crippen LogP contribution >= 0.6 is 0 Å². The van der Waals surface area contributed by atoms with Gasteiger partial charge in [-0.3, -0.25) is 0 Å². The molecule has 2 rings (SSSR count). The zero-order valence-electron chi connectivity index (χ0n) is 10.4. The quantitative estimate of drug-likeness (QED) is 0.821. The average Bonchev–Trinajstić information content (AvgIpc) is 3.03. The fourth-order valence-corrected chi connectivity index (χ4v) is 2.04. The van der Waals surface area contributed by atoms with Crippen molar-refractivity contribution < 1.29 is 4.74 Å². The van der Waals surface area contributed by atoms with Crippen LogP contribution in [0.1, 0.15) is 38.3 Å². The standard InChI is InChI=1S/C14H21NO/c1-10(2)14(15-3)11-5-4-6-13(9-11)16-12-7-8-12/h4-6,9-10,12,14-15H,7-8H2,1-3H3. The van der Waals surface area contributed by atoms with E-state index in [9.17, 15) is 0 Å². The molecule has 1 N–H and O–H groups in total. The predicted molar refractivity (Wildman–Crippen MR) is 66.7 cm³/mol. The van der Waals surface area contributed by atoms with Gasteiger partial charge in [-0.25, -0.2) is 0 Å². The van der Waals surface area contributed by atoms with Crippen LogP contribution in [0, 0.1) is 5.92 Å². The summed E-state index contributed by atoms with van der Waals surface area (Å²) in [6.07, 6.45) is 2.90. The Hall–Kier alpha value is -1.02. The molecule has 0 aliphatic heterocycles. The maximum absolute atomic E-state index is 5.81. The molecule has 1 aliphatic rings. The molecule has 0 heterocycles. The van der Waals surface area contributed by atoms with E-state index >= 15 is 0 Å². The van der Waals surface area contributed by atoms with Crippen molar-refractivity contribution in [3.63, 3.8) is 0 Å². The summed E-state index contributed by atoms with van der Waals surface area (Å²) in [5.41, 5.74) is 1.32. The summed E-state index contributed by atoms with van der Waals surface area (Å²) in [5.74, 6) is 1.60. The third kappa shape index (κ3) is 2.76. The van der Waals surface area contributed by atoms with Gasteiger partial charge >= 0.3 is 0 Å². The summed E-state index contributed by atoms with van der Waals surface area (Å²) < 4.78 is 5.81. The molecular formula is C14H21NO. The number of benzene rings is 1. The second-order valence-corrected chi connectivity index (χ2v) is 4.90. The van der Waals surface area contributed by atoms with Crippen LogP contribution in [0.4, 0.5) is 0 Å². The smallest absolute Gasteiger partial charge is 0.120 e. The van der Waals surface area contributed by atoms with E-state index in [2.05, 4.69) is 43.4 Å². The molecule has 0 bridgehead atoms. The first kappa shape index (κ1) is 11.5. The number of rotatable bonds is 5. The van der Waals surface area contributed by atoms with Crippen LogP contribution in [-0.2, 0) is 0 Å². The third-order valence-electron chi connectivity index (χ3n) is 3.02. The summed E-state index contributed by atoms with van der Waals surface area (Å²) in [4.78, 5) is 0. The molecule has 0 radical (unpaired) electrons. The molecule has 1 fully saturated rings. The Balaban J connectivity index is 2.12. The largest absolute Gasteiger partial charge is 0.490 e. The minimum atomic E-state index is 0.405. The SMILES string of the molecule is CNC(c1cccc(OC2CC2)c1)C(C)C. The highest BCUT2D eigenvalue weighted by atomic mass is 16.5. The van der Waals surface area contributed by atoms with Crippen molar-refractivity contribution in [1.29, 1.82) is 0 Å². The summed E-state index contributed by atoms with van der Waals surface area (Å²) in [6.45, 7) is 4.46. The molecule has 88 valence electrons. The third-order valence-corrected chi connectivity index (χ3v) is 3.02. The highest BCUT2D eigenvalue weighted by molar-refractivity contribution is 5.31. The van der Waals surface area contributed by atoms with Crippen molar-refractivity contribution >= 4 is 0 Å². The summed E-state index contributed by atoms with van der Waals surface area (Å²) >= 11 is 0. The first-order valence-corrected chi connectivity index (χ1v) is 6.14. The van der Waals surface area contributed by atoms with E-state index in [1.807, 2.05) is 7.05 Å². The van der Waals surface area contributed by atoms with E-state index in [1.165, 1.54) is 18.4 Å². The van der Waals surface area contributed by atoms with Gasteiger partial charge in [0.05, 0.1) is 6.10 Å². The van der Waals surface area contributed by atoms with E-state index in [1.54, 1.807) is 0 Å². The van der Waals surface area contributed by atoms with Gasteiger partial charge < -0.3 is 10.1 Å². The van der Waals surface area contributed by atoms with Crippen molar-refractivity contribution in [2.24, 2.45) is 5.92 Å². The topological polar surface area (TPSA) is 21.3 Å². The zero-order valence-corrected chi connectivity index (χ0v) is 10.4. The van der Waals surface area contributed by atoms with Crippen LogP contribution in [0.5, 0.6) is 5.75 Å². The van der Waals surface area contributed by atoms with Gasteiger partial charge in [0, 0.05) is 6.04 Å². The molecule has 16 heavy (non-hydrogen) atoms. The molecular weight excluding hydrogens is 198 g/mol. The second-order valence-electron chi connectivity index (χ2n) is 4.90. The average molecular weight is 219 g/mol. The molecule has 1 aromatic carbocycles. The van der Waals surface area contributed by atoms with Crippen molar-refractivity contribution in [1.82, 2.24) is 5.32 Å². The van der Waals surface area contributed by atoms with Gasteiger partial charge in [0.25, 0.3) is 0 Å². The Labute approximate surface area is 98.0 Å². The molecule has 2 nitrogen and oxygen atoms in total.